The van der Waals surface area contributed by atoms with Crippen molar-refractivity contribution < 1.29 is 9.53 Å². The number of hydrogen-bond acceptors (Lipinski definition) is 3. The highest BCUT2D eigenvalue weighted by Gasteiger charge is 2.34. The van der Waals surface area contributed by atoms with Crippen molar-refractivity contribution in [1.82, 2.24) is 20.2 Å². The minimum Gasteiger partial charge on any atom is -0.379 e. The first-order valence-electron chi connectivity index (χ1n) is 7.37. The summed E-state index contributed by atoms with van der Waals surface area (Å²) in [5.41, 5.74) is 2.04. The van der Waals surface area contributed by atoms with E-state index in [1.807, 2.05) is 29.2 Å². The summed E-state index contributed by atoms with van der Waals surface area (Å²) in [6.07, 6.45) is 0.909. The highest BCUT2D eigenvalue weighted by molar-refractivity contribution is 5.77. The number of imidazole rings is 1. The second-order valence-corrected chi connectivity index (χ2v) is 5.75. The molecule has 6 nitrogen and oxygen atoms in total. The van der Waals surface area contributed by atoms with E-state index in [2.05, 4.69) is 15.3 Å². The molecule has 2 aliphatic heterocycles. The van der Waals surface area contributed by atoms with E-state index in [-0.39, 0.29) is 12.1 Å². The molecule has 1 atom stereocenters. The maximum Gasteiger partial charge on any atom is 0.317 e. The Hall–Kier alpha value is -2.08. The molecule has 0 radical (unpaired) electrons. The molecule has 2 amide bonds. The van der Waals surface area contributed by atoms with E-state index in [1.54, 1.807) is 0 Å². The predicted molar refractivity (Wildman–Crippen MR) is 78.2 cm³/mol. The van der Waals surface area contributed by atoms with Crippen LogP contribution < -0.4 is 5.32 Å². The predicted octanol–water partition coefficient (Wildman–Crippen LogP) is 1.46. The largest absolute Gasteiger partial charge is 0.379 e. The molecule has 2 aliphatic rings. The quantitative estimate of drug-likeness (QED) is 0.878. The van der Waals surface area contributed by atoms with Crippen LogP contribution in [0.5, 0.6) is 0 Å². The number of nitrogens with zero attached hydrogens (tertiary/aromatic N) is 2. The van der Waals surface area contributed by atoms with Gasteiger partial charge in [0.2, 0.25) is 0 Å². The van der Waals surface area contributed by atoms with Gasteiger partial charge in [-0.25, -0.2) is 9.78 Å². The number of hydrogen-bond donors (Lipinski definition) is 2. The van der Waals surface area contributed by atoms with Crippen molar-refractivity contribution in [2.45, 2.75) is 18.4 Å². The molecule has 2 N–H and O–H groups in total. The van der Waals surface area contributed by atoms with E-state index in [0.29, 0.717) is 12.5 Å². The second-order valence-electron chi connectivity index (χ2n) is 5.75. The fraction of sp³-hybridized carbons (Fsp3) is 0.467. The summed E-state index contributed by atoms with van der Waals surface area (Å²) in [7, 11) is 0. The van der Waals surface area contributed by atoms with Crippen LogP contribution in [-0.4, -0.2) is 53.2 Å². The number of aromatic amines is 1. The molecule has 0 aliphatic carbocycles. The Morgan fingerprint density at radius 2 is 2.24 bits per heavy atom. The molecule has 2 fully saturated rings. The van der Waals surface area contributed by atoms with E-state index in [0.717, 1.165) is 43.0 Å². The van der Waals surface area contributed by atoms with E-state index in [4.69, 9.17) is 4.74 Å². The first kappa shape index (κ1) is 12.6. The number of carbonyl (C=O) groups is 1. The number of benzene rings is 1. The molecule has 110 valence electrons. The van der Waals surface area contributed by atoms with Gasteiger partial charge in [0, 0.05) is 19.7 Å². The Balaban J connectivity index is 1.36. The normalized spacial score (nSPS) is 22.5. The lowest BCUT2D eigenvalue weighted by molar-refractivity contribution is 0.142. The molecule has 0 saturated carbocycles. The van der Waals surface area contributed by atoms with Crippen LogP contribution in [0.3, 0.4) is 0 Å². The lowest BCUT2D eigenvalue weighted by Gasteiger charge is -2.38. The van der Waals surface area contributed by atoms with Crippen molar-refractivity contribution in [2.24, 2.45) is 0 Å². The Labute approximate surface area is 122 Å². The molecule has 6 heteroatoms. The van der Waals surface area contributed by atoms with Crippen LogP contribution in [0.15, 0.2) is 24.3 Å². The number of ether oxygens (including phenoxy) is 1. The average molecular weight is 286 g/mol. The lowest BCUT2D eigenvalue weighted by Crippen LogP contribution is -2.54. The summed E-state index contributed by atoms with van der Waals surface area (Å²) in [5, 5.41) is 3.01. The van der Waals surface area contributed by atoms with E-state index in [9.17, 15) is 4.79 Å². The molecular weight excluding hydrogens is 268 g/mol. The number of nitrogens with one attached hydrogen (secondary N) is 2. The maximum atomic E-state index is 12.1. The Kier molecular flexibility index (Phi) is 3.03. The third-order valence-electron chi connectivity index (χ3n) is 4.22. The zero-order valence-corrected chi connectivity index (χ0v) is 11.7. The van der Waals surface area contributed by atoms with Crippen LogP contribution in [0.2, 0.25) is 0 Å². The van der Waals surface area contributed by atoms with Crippen LogP contribution in [0.4, 0.5) is 4.79 Å². The average Bonchev–Trinajstić information content (AvgIpc) is 3.05. The van der Waals surface area contributed by atoms with Gasteiger partial charge in [0.05, 0.1) is 29.6 Å². The summed E-state index contributed by atoms with van der Waals surface area (Å²) < 4.78 is 5.27. The Morgan fingerprint density at radius 1 is 1.38 bits per heavy atom. The Morgan fingerprint density at radius 3 is 3.00 bits per heavy atom. The highest BCUT2D eigenvalue weighted by atomic mass is 16.5. The van der Waals surface area contributed by atoms with Crippen LogP contribution in [0, 0.1) is 0 Å². The van der Waals surface area contributed by atoms with Gasteiger partial charge >= 0.3 is 6.03 Å². The summed E-state index contributed by atoms with van der Waals surface area (Å²) in [6.45, 7) is 2.82. The minimum atomic E-state index is 0.0119. The lowest BCUT2D eigenvalue weighted by atomic mass is 10.00. The SMILES string of the molecule is O=C(N[C@@H]1CCOC1)N1CC(c2nc3ccccc3[nH]2)C1. The minimum absolute atomic E-state index is 0.0119. The van der Waals surface area contributed by atoms with Gasteiger partial charge in [-0.15, -0.1) is 0 Å². The smallest absolute Gasteiger partial charge is 0.317 e. The maximum absolute atomic E-state index is 12.1. The van der Waals surface area contributed by atoms with Gasteiger partial charge in [0.1, 0.15) is 5.82 Å². The zero-order valence-electron chi connectivity index (χ0n) is 11.7. The fourth-order valence-electron chi connectivity index (χ4n) is 2.90. The molecule has 1 aromatic heterocycles. The molecule has 21 heavy (non-hydrogen) atoms. The van der Waals surface area contributed by atoms with E-state index in [1.165, 1.54) is 0 Å². The van der Waals surface area contributed by atoms with Gasteiger partial charge < -0.3 is 19.9 Å². The van der Waals surface area contributed by atoms with Gasteiger partial charge in [-0.2, -0.15) is 0 Å². The first-order chi connectivity index (χ1) is 10.3. The number of rotatable bonds is 2. The molecule has 4 rings (SSSR count). The van der Waals surface area contributed by atoms with E-state index >= 15 is 0 Å². The molecule has 2 aromatic rings. The number of urea groups is 1. The number of para-hydroxylation sites is 2. The van der Waals surface area contributed by atoms with Gasteiger partial charge in [0.25, 0.3) is 0 Å². The molecule has 3 heterocycles. The summed E-state index contributed by atoms with van der Waals surface area (Å²) in [4.78, 5) is 21.8. The second kappa shape index (κ2) is 5.04. The number of aromatic nitrogens is 2. The van der Waals surface area contributed by atoms with Crippen LogP contribution in [-0.2, 0) is 4.74 Å². The van der Waals surface area contributed by atoms with Gasteiger partial charge in [0.15, 0.2) is 0 Å². The standard InChI is InChI=1S/C15H18N4O2/c20-15(16-11-5-6-21-9-11)19-7-10(8-19)14-17-12-3-1-2-4-13(12)18-14/h1-4,10-11H,5-9H2,(H,16,20)(H,17,18)/t11-/m1/s1. The molecule has 2 saturated heterocycles. The number of fused-ring (bicyclic) bond motifs is 1. The Bertz CT molecular complexity index is 623. The molecule has 0 unspecified atom stereocenters. The van der Waals surface area contributed by atoms with Crippen molar-refractivity contribution in [3.05, 3.63) is 30.1 Å². The summed E-state index contributed by atoms with van der Waals surface area (Å²) in [5.74, 6) is 1.28. The first-order valence-corrected chi connectivity index (χ1v) is 7.37. The van der Waals surface area contributed by atoms with Crippen LogP contribution >= 0.6 is 0 Å². The number of carbonyl (C=O) groups excluding carboxylic acids is 1. The van der Waals surface area contributed by atoms with Crippen molar-refractivity contribution >= 4 is 17.1 Å². The molecule has 1 aromatic carbocycles. The van der Waals surface area contributed by atoms with Crippen molar-refractivity contribution in [3.63, 3.8) is 0 Å². The molecular formula is C15H18N4O2. The zero-order chi connectivity index (χ0) is 14.2. The van der Waals surface area contributed by atoms with Crippen molar-refractivity contribution in [2.75, 3.05) is 26.3 Å². The third-order valence-corrected chi connectivity index (χ3v) is 4.22. The van der Waals surface area contributed by atoms with Crippen molar-refractivity contribution in [1.29, 1.82) is 0 Å². The topological polar surface area (TPSA) is 70.2 Å². The number of amides is 2. The highest BCUT2D eigenvalue weighted by Crippen LogP contribution is 2.26. The fourth-order valence-corrected chi connectivity index (χ4v) is 2.90. The van der Waals surface area contributed by atoms with Gasteiger partial charge in [-0.3, -0.25) is 0 Å². The summed E-state index contributed by atoms with van der Waals surface area (Å²) in [6, 6.07) is 8.18. The van der Waals surface area contributed by atoms with Crippen molar-refractivity contribution in [3.8, 4) is 0 Å². The number of H-pyrrole nitrogens is 1. The van der Waals surface area contributed by atoms with E-state index < -0.39 is 0 Å². The third kappa shape index (κ3) is 2.35. The molecule has 0 bridgehead atoms. The monoisotopic (exact) mass is 286 g/mol. The summed E-state index contributed by atoms with van der Waals surface area (Å²) >= 11 is 0. The van der Waals surface area contributed by atoms with Crippen LogP contribution in [0.1, 0.15) is 18.2 Å². The molecule has 0 spiro atoms. The van der Waals surface area contributed by atoms with Gasteiger partial charge in [-0.1, -0.05) is 12.1 Å². The van der Waals surface area contributed by atoms with Crippen LogP contribution in [0.25, 0.3) is 11.0 Å². The number of likely N-dealkylation sites (tertiary alicyclic amines) is 1. The van der Waals surface area contributed by atoms with Gasteiger partial charge in [-0.05, 0) is 18.6 Å².